The molecule has 0 amide bonds. The lowest BCUT2D eigenvalue weighted by Gasteiger charge is -2.29. The molecular weight excluding hydrogens is 538 g/mol. The Hall–Kier alpha value is -4.84. The van der Waals surface area contributed by atoms with Crippen LogP contribution in [0.5, 0.6) is 0 Å². The van der Waals surface area contributed by atoms with E-state index in [1.54, 1.807) is 0 Å². The Kier molecular flexibility index (Phi) is 8.44. The molecule has 6 rings (SSSR count). The quantitative estimate of drug-likeness (QED) is 0.0817. The van der Waals surface area contributed by atoms with Crippen molar-refractivity contribution in [2.45, 2.75) is 5.67 Å². The molecule has 0 heterocycles. The standard InChI is InChI=1S/C36H26F.BF4/c37-36(30-21-9-3-10-22-30,31-23-11-4-12-24-31)33-26-14-20-29-19-13-25-32(35(29)33)34(27-15-5-1-6-16-27)28-17-7-2-8-18-28;2-1(3,4)5/h1-26H;/q+1;-1. The number of benzene rings is 6. The molecule has 0 nitrogen and oxygen atoms in total. The van der Waals surface area contributed by atoms with Gasteiger partial charge in [0, 0.05) is 16.3 Å². The van der Waals surface area contributed by atoms with Crippen molar-refractivity contribution in [1.82, 2.24) is 0 Å². The van der Waals surface area contributed by atoms with Crippen LogP contribution in [0.2, 0.25) is 0 Å². The molecule has 208 valence electrons. The first-order chi connectivity index (χ1) is 20.3. The number of halogens is 5. The molecule has 0 aliphatic carbocycles. The molecule has 0 atom stereocenters. The molecule has 0 bridgehead atoms. The molecule has 0 spiro atoms. The van der Waals surface area contributed by atoms with Crippen molar-refractivity contribution in [3.05, 3.63) is 197 Å². The van der Waals surface area contributed by atoms with Crippen LogP contribution in [-0.4, -0.2) is 7.25 Å². The SMILES string of the molecule is FC(c1ccccc1)(c1ccccc1)c1cccc2cccc([C+](c3ccccc3)c3ccccc3)c12.F[B-](F)(F)F. The van der Waals surface area contributed by atoms with E-state index in [1.165, 1.54) is 0 Å². The Morgan fingerprint density at radius 3 is 1.26 bits per heavy atom. The zero-order valence-corrected chi connectivity index (χ0v) is 22.5. The van der Waals surface area contributed by atoms with Gasteiger partial charge in [-0.25, -0.2) is 4.39 Å². The largest absolute Gasteiger partial charge is 0.673 e. The average Bonchev–Trinajstić information content (AvgIpc) is 3.02. The Bertz CT molecular complexity index is 1630. The van der Waals surface area contributed by atoms with E-state index < -0.39 is 12.9 Å². The van der Waals surface area contributed by atoms with E-state index in [4.69, 9.17) is 0 Å². The van der Waals surface area contributed by atoms with Gasteiger partial charge in [0.1, 0.15) is 0 Å². The molecule has 0 fully saturated rings. The highest BCUT2D eigenvalue weighted by Crippen LogP contribution is 2.46. The lowest BCUT2D eigenvalue weighted by molar-refractivity contribution is 0.283. The first-order valence-corrected chi connectivity index (χ1v) is 13.4. The molecule has 6 aromatic carbocycles. The zero-order valence-electron chi connectivity index (χ0n) is 22.5. The lowest BCUT2D eigenvalue weighted by atomic mass is 9.76. The Balaban J connectivity index is 0.000000652. The molecule has 0 radical (unpaired) electrons. The Morgan fingerprint density at radius 1 is 0.452 bits per heavy atom. The second-order valence-electron chi connectivity index (χ2n) is 9.70. The number of alkyl halides is 1. The van der Waals surface area contributed by atoms with Crippen LogP contribution in [0.4, 0.5) is 21.7 Å². The van der Waals surface area contributed by atoms with Crippen LogP contribution >= 0.6 is 0 Å². The monoisotopic (exact) mass is 564 g/mol. The minimum Gasteiger partial charge on any atom is -0.418 e. The molecule has 0 aliphatic heterocycles. The van der Waals surface area contributed by atoms with Gasteiger partial charge in [0.2, 0.25) is 0 Å². The second-order valence-corrected chi connectivity index (χ2v) is 9.70. The lowest BCUT2D eigenvalue weighted by Crippen LogP contribution is -2.24. The molecule has 6 aromatic rings. The molecule has 0 saturated heterocycles. The molecular formula is C36H26BF5. The third-order valence-corrected chi connectivity index (χ3v) is 7.01. The summed E-state index contributed by atoms with van der Waals surface area (Å²) in [6, 6.07) is 52.0. The van der Waals surface area contributed by atoms with Crippen molar-refractivity contribution in [1.29, 1.82) is 0 Å². The van der Waals surface area contributed by atoms with Gasteiger partial charge in [0.15, 0.2) is 5.67 Å². The van der Waals surface area contributed by atoms with E-state index >= 15 is 4.39 Å². The Morgan fingerprint density at radius 2 is 0.833 bits per heavy atom. The van der Waals surface area contributed by atoms with Crippen LogP contribution in [0.25, 0.3) is 10.8 Å². The topological polar surface area (TPSA) is 0 Å². The second kappa shape index (κ2) is 12.4. The van der Waals surface area contributed by atoms with Crippen molar-refractivity contribution in [2.24, 2.45) is 0 Å². The van der Waals surface area contributed by atoms with Gasteiger partial charge in [-0.15, -0.1) is 0 Å². The molecule has 6 heteroatoms. The van der Waals surface area contributed by atoms with Crippen LogP contribution < -0.4 is 0 Å². The molecule has 0 saturated carbocycles. The van der Waals surface area contributed by atoms with Crippen molar-refractivity contribution in [2.75, 3.05) is 0 Å². The van der Waals surface area contributed by atoms with Gasteiger partial charge in [-0.05, 0) is 90.0 Å². The summed E-state index contributed by atoms with van der Waals surface area (Å²) in [7, 11) is -6.00. The molecule has 0 aliphatic rings. The van der Waals surface area contributed by atoms with E-state index in [9.17, 15) is 17.3 Å². The van der Waals surface area contributed by atoms with Crippen molar-refractivity contribution >= 4 is 18.0 Å². The predicted molar refractivity (Wildman–Crippen MR) is 161 cm³/mol. The maximum Gasteiger partial charge on any atom is 0.673 e. The highest BCUT2D eigenvalue weighted by molar-refractivity contribution is 6.50. The zero-order chi connectivity index (χ0) is 29.6. The fourth-order valence-corrected chi connectivity index (χ4v) is 5.34. The summed E-state index contributed by atoms with van der Waals surface area (Å²) >= 11 is 0. The van der Waals surface area contributed by atoms with Gasteiger partial charge in [0.05, 0.1) is 22.6 Å². The van der Waals surface area contributed by atoms with Crippen molar-refractivity contribution in [3.63, 3.8) is 0 Å². The number of rotatable bonds is 6. The van der Waals surface area contributed by atoms with Gasteiger partial charge in [-0.1, -0.05) is 78.9 Å². The van der Waals surface area contributed by atoms with Crippen molar-refractivity contribution < 1.29 is 21.7 Å². The fourth-order valence-electron chi connectivity index (χ4n) is 5.34. The molecule has 0 N–H and O–H groups in total. The average molecular weight is 564 g/mol. The maximum atomic E-state index is 18.0. The van der Waals surface area contributed by atoms with Gasteiger partial charge >= 0.3 is 7.25 Å². The normalized spacial score (nSPS) is 11.5. The number of hydrogen-bond donors (Lipinski definition) is 0. The Labute approximate surface area is 242 Å². The minimum absolute atomic E-state index is 0.615. The van der Waals surface area contributed by atoms with E-state index in [-0.39, 0.29) is 0 Å². The molecule has 0 unspecified atom stereocenters. The number of fused-ring (bicyclic) bond motifs is 1. The minimum atomic E-state index is -6.00. The summed E-state index contributed by atoms with van der Waals surface area (Å²) in [4.78, 5) is 0. The third-order valence-electron chi connectivity index (χ3n) is 7.01. The van der Waals surface area contributed by atoms with Crippen molar-refractivity contribution in [3.8, 4) is 0 Å². The van der Waals surface area contributed by atoms with Crippen LogP contribution in [0, 0.1) is 5.92 Å². The summed E-state index contributed by atoms with van der Waals surface area (Å²) in [6.45, 7) is 0. The fraction of sp³-hybridized carbons (Fsp3) is 0.0278. The summed E-state index contributed by atoms with van der Waals surface area (Å²) in [6.07, 6.45) is 0. The van der Waals surface area contributed by atoms with Gasteiger partial charge in [-0.2, -0.15) is 0 Å². The van der Waals surface area contributed by atoms with Crippen LogP contribution in [0.1, 0.15) is 33.4 Å². The van der Waals surface area contributed by atoms with E-state index in [1.807, 2.05) is 84.9 Å². The first-order valence-electron chi connectivity index (χ1n) is 13.4. The highest BCUT2D eigenvalue weighted by Gasteiger charge is 2.40. The third kappa shape index (κ3) is 6.23. The smallest absolute Gasteiger partial charge is 0.418 e. The maximum absolute atomic E-state index is 18.0. The molecule has 0 aromatic heterocycles. The van der Waals surface area contributed by atoms with Crippen LogP contribution in [0.15, 0.2) is 158 Å². The van der Waals surface area contributed by atoms with E-state index in [2.05, 4.69) is 72.8 Å². The number of hydrogen-bond acceptors (Lipinski definition) is 0. The van der Waals surface area contributed by atoms with E-state index in [0.717, 1.165) is 33.4 Å². The molecule has 42 heavy (non-hydrogen) atoms. The van der Waals surface area contributed by atoms with Gasteiger partial charge in [-0.3, -0.25) is 0 Å². The highest BCUT2D eigenvalue weighted by atomic mass is 19.5. The summed E-state index contributed by atoms with van der Waals surface area (Å²) in [5.41, 5.74) is 3.24. The summed E-state index contributed by atoms with van der Waals surface area (Å²) in [5.74, 6) is 1.09. The van der Waals surface area contributed by atoms with Gasteiger partial charge in [0.25, 0.3) is 0 Å². The van der Waals surface area contributed by atoms with E-state index in [0.29, 0.717) is 16.7 Å². The predicted octanol–water partition coefficient (Wildman–Crippen LogP) is 10.4. The summed E-state index contributed by atoms with van der Waals surface area (Å²) in [5, 5.41) is 1.93. The van der Waals surface area contributed by atoms with Crippen LogP contribution in [0.3, 0.4) is 0 Å². The summed E-state index contributed by atoms with van der Waals surface area (Å²) < 4.78 is 57.0. The van der Waals surface area contributed by atoms with Crippen LogP contribution in [-0.2, 0) is 5.67 Å². The first kappa shape index (κ1) is 28.7. The van der Waals surface area contributed by atoms with Gasteiger partial charge < -0.3 is 17.3 Å².